The first kappa shape index (κ1) is 33.6. The molecule has 0 aliphatic carbocycles. The zero-order valence-corrected chi connectivity index (χ0v) is 26.9. The Bertz CT molecular complexity index is 1630. The van der Waals surface area contributed by atoms with E-state index in [9.17, 15) is 9.59 Å². The minimum atomic E-state index is -0.697. The number of aliphatic imine (C=N–C) groups is 1. The van der Waals surface area contributed by atoms with Crippen molar-refractivity contribution < 1.29 is 9.59 Å². The molecule has 4 aromatic carbocycles. The minimum Gasteiger partial charge on any atom is -0.370 e. The number of amides is 2. The van der Waals surface area contributed by atoms with E-state index in [1.807, 2.05) is 65.6 Å². The Morgan fingerprint density at radius 2 is 1.53 bits per heavy atom. The Morgan fingerprint density at radius 1 is 0.872 bits per heavy atom. The van der Waals surface area contributed by atoms with E-state index in [4.69, 9.17) is 17.2 Å². The molecule has 9 heteroatoms. The van der Waals surface area contributed by atoms with Gasteiger partial charge in [-0.1, -0.05) is 103 Å². The SMILES string of the molecule is NC(N)=NCCCC1NC(C(Cc2ccccc2)NC(=O)C(N)Cc2ccccc2)CCN(CCc2ccc3ccccc3c2)C1=O. The quantitative estimate of drug-likeness (QED) is 0.0817. The molecule has 8 N–H and O–H groups in total. The van der Waals surface area contributed by atoms with Crippen LogP contribution < -0.4 is 27.8 Å². The first-order valence-corrected chi connectivity index (χ1v) is 16.6. The van der Waals surface area contributed by atoms with Crippen LogP contribution in [0.5, 0.6) is 0 Å². The molecule has 246 valence electrons. The molecule has 0 spiro atoms. The molecule has 9 nitrogen and oxygen atoms in total. The summed E-state index contributed by atoms with van der Waals surface area (Å²) in [6.45, 7) is 1.62. The van der Waals surface area contributed by atoms with Crippen LogP contribution >= 0.6 is 0 Å². The number of nitrogens with one attached hydrogen (secondary N) is 2. The normalized spacial score (nSPS) is 17.9. The van der Waals surface area contributed by atoms with Gasteiger partial charge in [0.2, 0.25) is 11.8 Å². The highest BCUT2D eigenvalue weighted by Crippen LogP contribution is 2.20. The Labute approximate surface area is 277 Å². The summed E-state index contributed by atoms with van der Waals surface area (Å²) in [4.78, 5) is 33.7. The number of carbonyl (C=O) groups excluding carboxylic acids is 2. The van der Waals surface area contributed by atoms with E-state index < -0.39 is 12.1 Å². The van der Waals surface area contributed by atoms with Gasteiger partial charge in [0.25, 0.3) is 0 Å². The number of guanidine groups is 1. The van der Waals surface area contributed by atoms with E-state index in [2.05, 4.69) is 58.1 Å². The standard InChI is InChI=1S/C38H47N7O2/c39-32(25-27-10-3-1-4-11-27)36(46)44-35(26-28-12-5-2-6-13-28)33-20-23-45(37(47)34(43-33)16-9-21-42-38(40)41)22-19-29-17-18-30-14-7-8-15-31(30)24-29/h1-8,10-15,17-18,24,32-35,43H,9,16,19-23,25-26,39H2,(H,44,46)(H4,40,41,42). The van der Waals surface area contributed by atoms with E-state index >= 15 is 0 Å². The molecule has 4 unspecified atom stereocenters. The average Bonchev–Trinajstić information content (AvgIpc) is 3.24. The van der Waals surface area contributed by atoms with E-state index in [1.54, 1.807) is 0 Å². The van der Waals surface area contributed by atoms with Crippen LogP contribution in [-0.2, 0) is 28.9 Å². The number of benzene rings is 4. The van der Waals surface area contributed by atoms with Gasteiger partial charge >= 0.3 is 0 Å². The lowest BCUT2D eigenvalue weighted by Crippen LogP contribution is -2.57. The molecule has 0 aromatic heterocycles. The predicted molar refractivity (Wildman–Crippen MR) is 190 cm³/mol. The van der Waals surface area contributed by atoms with Crippen LogP contribution in [0.25, 0.3) is 10.8 Å². The molecule has 1 heterocycles. The van der Waals surface area contributed by atoms with Crippen LogP contribution in [0.4, 0.5) is 0 Å². The minimum absolute atomic E-state index is 0.0394. The van der Waals surface area contributed by atoms with Gasteiger partial charge in [-0.15, -0.1) is 0 Å². The molecular weight excluding hydrogens is 586 g/mol. The maximum Gasteiger partial charge on any atom is 0.239 e. The number of nitrogens with two attached hydrogens (primary N) is 3. The monoisotopic (exact) mass is 633 g/mol. The third-order valence-corrected chi connectivity index (χ3v) is 8.91. The highest BCUT2D eigenvalue weighted by atomic mass is 16.2. The molecule has 47 heavy (non-hydrogen) atoms. The van der Waals surface area contributed by atoms with Crippen LogP contribution in [0.15, 0.2) is 108 Å². The second kappa shape index (κ2) is 16.7. The van der Waals surface area contributed by atoms with E-state index in [-0.39, 0.29) is 29.9 Å². The molecule has 5 rings (SSSR count). The summed E-state index contributed by atoms with van der Waals surface area (Å²) in [6.07, 6.45) is 3.69. The van der Waals surface area contributed by atoms with Gasteiger partial charge in [0.15, 0.2) is 5.96 Å². The fourth-order valence-corrected chi connectivity index (χ4v) is 6.36. The lowest BCUT2D eigenvalue weighted by Gasteiger charge is -2.31. The van der Waals surface area contributed by atoms with Crippen molar-refractivity contribution in [1.29, 1.82) is 0 Å². The third-order valence-electron chi connectivity index (χ3n) is 8.91. The van der Waals surface area contributed by atoms with Gasteiger partial charge in [-0.3, -0.25) is 14.6 Å². The Kier molecular flexibility index (Phi) is 12.0. The number of hydrogen-bond donors (Lipinski definition) is 5. The molecule has 2 amide bonds. The maximum atomic E-state index is 14.0. The van der Waals surface area contributed by atoms with Crippen LogP contribution in [0.2, 0.25) is 0 Å². The Balaban J connectivity index is 1.34. The fraction of sp³-hybridized carbons (Fsp3) is 0.342. The van der Waals surface area contributed by atoms with Gasteiger partial charge in [-0.25, -0.2) is 0 Å². The van der Waals surface area contributed by atoms with Gasteiger partial charge in [0, 0.05) is 31.7 Å². The second-order valence-corrected chi connectivity index (χ2v) is 12.4. The Hall–Kier alpha value is -4.73. The summed E-state index contributed by atoms with van der Waals surface area (Å²) in [6, 6.07) is 33.1. The summed E-state index contributed by atoms with van der Waals surface area (Å²) in [7, 11) is 0. The average molecular weight is 634 g/mol. The van der Waals surface area contributed by atoms with Gasteiger partial charge in [-0.05, 0) is 66.0 Å². The molecule has 1 saturated heterocycles. The number of hydrogen-bond acceptors (Lipinski definition) is 5. The summed E-state index contributed by atoms with van der Waals surface area (Å²) >= 11 is 0. The van der Waals surface area contributed by atoms with Gasteiger partial charge in [0.05, 0.1) is 12.1 Å². The number of rotatable bonds is 14. The molecule has 4 aromatic rings. The largest absolute Gasteiger partial charge is 0.370 e. The zero-order chi connectivity index (χ0) is 33.0. The predicted octanol–water partition coefficient (Wildman–Crippen LogP) is 3.29. The molecule has 0 radical (unpaired) electrons. The molecule has 4 atom stereocenters. The van der Waals surface area contributed by atoms with Crippen LogP contribution in [-0.4, -0.2) is 66.5 Å². The highest BCUT2D eigenvalue weighted by Gasteiger charge is 2.35. The van der Waals surface area contributed by atoms with Crippen molar-refractivity contribution >= 4 is 28.5 Å². The van der Waals surface area contributed by atoms with Gasteiger partial charge in [0.1, 0.15) is 0 Å². The number of fused-ring (bicyclic) bond motifs is 1. The van der Waals surface area contributed by atoms with Gasteiger partial charge < -0.3 is 32.7 Å². The highest BCUT2D eigenvalue weighted by molar-refractivity contribution is 5.84. The lowest BCUT2D eigenvalue weighted by molar-refractivity contribution is -0.132. The lowest BCUT2D eigenvalue weighted by atomic mass is 9.95. The summed E-state index contributed by atoms with van der Waals surface area (Å²) in [5.74, 6) is -0.106. The van der Waals surface area contributed by atoms with E-state index in [0.717, 1.165) is 17.5 Å². The fourth-order valence-electron chi connectivity index (χ4n) is 6.36. The first-order chi connectivity index (χ1) is 22.9. The van der Waals surface area contributed by atoms with Gasteiger partial charge in [-0.2, -0.15) is 0 Å². The molecule has 0 saturated carbocycles. The van der Waals surface area contributed by atoms with Crippen molar-refractivity contribution in [3.63, 3.8) is 0 Å². The molecule has 0 bridgehead atoms. The second-order valence-electron chi connectivity index (χ2n) is 12.4. The number of nitrogens with zero attached hydrogens (tertiary/aromatic N) is 2. The molecule has 1 aliphatic heterocycles. The molecular formula is C38H47N7O2. The van der Waals surface area contributed by atoms with Crippen molar-refractivity contribution in [2.45, 2.75) is 62.7 Å². The van der Waals surface area contributed by atoms with Crippen molar-refractivity contribution in [2.24, 2.45) is 22.2 Å². The van der Waals surface area contributed by atoms with Crippen molar-refractivity contribution in [1.82, 2.24) is 15.5 Å². The number of carbonyl (C=O) groups is 2. The van der Waals surface area contributed by atoms with Crippen LogP contribution in [0.1, 0.15) is 36.0 Å². The van der Waals surface area contributed by atoms with Crippen molar-refractivity contribution in [2.75, 3.05) is 19.6 Å². The van der Waals surface area contributed by atoms with Crippen molar-refractivity contribution in [3.05, 3.63) is 120 Å². The smallest absolute Gasteiger partial charge is 0.239 e. The van der Waals surface area contributed by atoms with Crippen molar-refractivity contribution in [3.8, 4) is 0 Å². The third kappa shape index (κ3) is 9.88. The molecule has 1 fully saturated rings. The summed E-state index contributed by atoms with van der Waals surface area (Å²) < 4.78 is 0. The topological polar surface area (TPSA) is 152 Å². The Morgan fingerprint density at radius 3 is 2.23 bits per heavy atom. The van der Waals surface area contributed by atoms with Crippen LogP contribution in [0.3, 0.4) is 0 Å². The maximum absolute atomic E-state index is 14.0. The zero-order valence-electron chi connectivity index (χ0n) is 26.9. The molecule has 1 aliphatic rings. The summed E-state index contributed by atoms with van der Waals surface area (Å²) in [5.41, 5.74) is 20.8. The summed E-state index contributed by atoms with van der Waals surface area (Å²) in [5, 5.41) is 9.33. The first-order valence-electron chi connectivity index (χ1n) is 16.6. The van der Waals surface area contributed by atoms with E-state index in [1.165, 1.54) is 16.3 Å². The van der Waals surface area contributed by atoms with E-state index in [0.29, 0.717) is 51.7 Å². The van der Waals surface area contributed by atoms with Crippen LogP contribution in [0, 0.1) is 0 Å².